The van der Waals surface area contributed by atoms with Crippen LogP contribution in [0.25, 0.3) is 0 Å². The van der Waals surface area contributed by atoms with Crippen molar-refractivity contribution in [3.8, 4) is 0 Å². The number of hydrogen-bond donors (Lipinski definition) is 1. The molecule has 0 fully saturated rings. The first-order chi connectivity index (χ1) is 8.77. The normalized spacial score (nSPS) is 18.1. The van der Waals surface area contributed by atoms with E-state index in [0.29, 0.717) is 12.8 Å². The van der Waals surface area contributed by atoms with E-state index >= 15 is 0 Å². The minimum Gasteiger partial charge on any atom is -0.378 e. The summed E-state index contributed by atoms with van der Waals surface area (Å²) in [5.74, 6) is -1.86. The number of carbonyl (C=O) groups excluding carboxylic acids is 1. The van der Waals surface area contributed by atoms with Crippen LogP contribution in [0.4, 0.5) is 18.9 Å². The van der Waals surface area contributed by atoms with Crippen LogP contribution in [0.3, 0.4) is 0 Å². The van der Waals surface area contributed by atoms with E-state index < -0.39 is 18.1 Å². The van der Waals surface area contributed by atoms with Crippen molar-refractivity contribution in [3.05, 3.63) is 29.3 Å². The van der Waals surface area contributed by atoms with Gasteiger partial charge in [-0.15, -0.1) is 0 Å². The Bertz CT molecular complexity index is 497. The van der Waals surface area contributed by atoms with Crippen LogP contribution in [0.2, 0.25) is 0 Å². The number of nitrogens with zero attached hydrogens (tertiary/aromatic N) is 1. The van der Waals surface area contributed by atoms with Crippen LogP contribution in [0.5, 0.6) is 0 Å². The first-order valence-corrected chi connectivity index (χ1v) is 5.94. The summed E-state index contributed by atoms with van der Waals surface area (Å²) in [6.07, 6.45) is -3.92. The second-order valence-electron chi connectivity index (χ2n) is 4.92. The van der Waals surface area contributed by atoms with Gasteiger partial charge in [-0.3, -0.25) is 4.79 Å². The fraction of sp³-hybridized carbons (Fsp3) is 0.462. The van der Waals surface area contributed by atoms with Gasteiger partial charge in [0.15, 0.2) is 0 Å². The number of benzene rings is 1. The number of fused-ring (bicyclic) bond motifs is 1. The van der Waals surface area contributed by atoms with Gasteiger partial charge in [-0.1, -0.05) is 6.07 Å². The third kappa shape index (κ3) is 3.00. The minimum atomic E-state index is -4.82. The monoisotopic (exact) mass is 272 g/mol. The Kier molecular flexibility index (Phi) is 3.43. The van der Waals surface area contributed by atoms with Crippen molar-refractivity contribution in [2.45, 2.75) is 25.1 Å². The highest BCUT2D eigenvalue weighted by atomic mass is 19.4. The van der Waals surface area contributed by atoms with Crippen LogP contribution < -0.4 is 10.2 Å². The van der Waals surface area contributed by atoms with Crippen LogP contribution in [-0.4, -0.2) is 32.2 Å². The lowest BCUT2D eigenvalue weighted by atomic mass is 10.1. The van der Waals surface area contributed by atoms with Crippen molar-refractivity contribution in [2.24, 2.45) is 0 Å². The molecule has 0 aliphatic heterocycles. The lowest BCUT2D eigenvalue weighted by Crippen LogP contribution is -2.43. The maximum absolute atomic E-state index is 12.2. The molecule has 0 radical (unpaired) electrons. The molecule has 1 unspecified atom stereocenters. The predicted molar refractivity (Wildman–Crippen MR) is 66.2 cm³/mol. The van der Waals surface area contributed by atoms with Crippen molar-refractivity contribution in [1.82, 2.24) is 5.32 Å². The zero-order valence-corrected chi connectivity index (χ0v) is 10.7. The molecule has 1 aliphatic rings. The van der Waals surface area contributed by atoms with Crippen LogP contribution >= 0.6 is 0 Å². The van der Waals surface area contributed by atoms with E-state index in [1.54, 1.807) is 0 Å². The van der Waals surface area contributed by atoms with E-state index in [4.69, 9.17) is 0 Å². The summed E-state index contributed by atoms with van der Waals surface area (Å²) >= 11 is 0. The maximum Gasteiger partial charge on any atom is 0.471 e. The van der Waals surface area contributed by atoms with Crippen LogP contribution in [0, 0.1) is 0 Å². The smallest absolute Gasteiger partial charge is 0.378 e. The van der Waals surface area contributed by atoms with E-state index in [9.17, 15) is 18.0 Å². The molecule has 2 rings (SSSR count). The fourth-order valence-corrected chi connectivity index (χ4v) is 2.25. The Hall–Kier alpha value is -1.72. The SMILES string of the molecule is CN(C)c1ccc2c(c1)CC(NC(=O)C(F)(F)F)C2. The van der Waals surface area contributed by atoms with Crippen molar-refractivity contribution in [3.63, 3.8) is 0 Å². The second-order valence-corrected chi connectivity index (χ2v) is 4.92. The Morgan fingerprint density at radius 2 is 1.89 bits per heavy atom. The van der Waals surface area contributed by atoms with Gasteiger partial charge in [-0.25, -0.2) is 0 Å². The molecule has 0 saturated carbocycles. The molecule has 0 aromatic heterocycles. The Morgan fingerprint density at radius 1 is 1.26 bits per heavy atom. The third-order valence-corrected chi connectivity index (χ3v) is 3.23. The summed E-state index contributed by atoms with van der Waals surface area (Å²) in [5, 5.41) is 2.04. The van der Waals surface area contributed by atoms with E-state index in [2.05, 4.69) is 0 Å². The Balaban J connectivity index is 2.06. The summed E-state index contributed by atoms with van der Waals surface area (Å²) in [5.41, 5.74) is 3.00. The molecule has 1 aliphatic carbocycles. The lowest BCUT2D eigenvalue weighted by molar-refractivity contribution is -0.174. The molecule has 0 spiro atoms. The lowest BCUT2D eigenvalue weighted by Gasteiger charge is -2.14. The first-order valence-electron chi connectivity index (χ1n) is 5.94. The highest BCUT2D eigenvalue weighted by molar-refractivity contribution is 5.82. The predicted octanol–water partition coefficient (Wildman–Crippen LogP) is 1.90. The van der Waals surface area contributed by atoms with Crippen molar-refractivity contribution < 1.29 is 18.0 Å². The Labute approximate surface area is 109 Å². The number of carbonyl (C=O) groups is 1. The van der Waals surface area contributed by atoms with E-state index in [-0.39, 0.29) is 0 Å². The number of anilines is 1. The highest BCUT2D eigenvalue weighted by Crippen LogP contribution is 2.27. The zero-order valence-electron chi connectivity index (χ0n) is 10.7. The molecule has 1 amide bonds. The van der Waals surface area contributed by atoms with Crippen molar-refractivity contribution >= 4 is 11.6 Å². The van der Waals surface area contributed by atoms with E-state index in [1.165, 1.54) is 0 Å². The number of alkyl halides is 3. The molecule has 19 heavy (non-hydrogen) atoms. The molecule has 0 saturated heterocycles. The summed E-state index contributed by atoms with van der Waals surface area (Å²) in [6.45, 7) is 0. The summed E-state index contributed by atoms with van der Waals surface area (Å²) < 4.78 is 36.5. The molecule has 3 nitrogen and oxygen atoms in total. The molecule has 0 heterocycles. The molecule has 6 heteroatoms. The van der Waals surface area contributed by atoms with Gasteiger partial charge in [0.1, 0.15) is 0 Å². The van der Waals surface area contributed by atoms with Gasteiger partial charge in [0.05, 0.1) is 0 Å². The van der Waals surface area contributed by atoms with E-state index in [1.807, 2.05) is 42.5 Å². The second kappa shape index (κ2) is 4.75. The number of amides is 1. The summed E-state index contributed by atoms with van der Waals surface area (Å²) in [6, 6.07) is 5.31. The molecule has 1 atom stereocenters. The van der Waals surface area contributed by atoms with Gasteiger partial charge < -0.3 is 10.2 Å². The Morgan fingerprint density at radius 3 is 2.47 bits per heavy atom. The molecular weight excluding hydrogens is 257 g/mol. The van der Waals surface area contributed by atoms with Gasteiger partial charge in [-0.2, -0.15) is 13.2 Å². The van der Waals surface area contributed by atoms with Crippen LogP contribution in [-0.2, 0) is 17.6 Å². The molecular formula is C13H15F3N2O. The van der Waals surface area contributed by atoms with Crippen molar-refractivity contribution in [1.29, 1.82) is 0 Å². The third-order valence-electron chi connectivity index (χ3n) is 3.23. The number of nitrogens with one attached hydrogen (secondary N) is 1. The van der Waals surface area contributed by atoms with Crippen LogP contribution in [0.15, 0.2) is 18.2 Å². The van der Waals surface area contributed by atoms with E-state index in [0.717, 1.165) is 16.8 Å². The van der Waals surface area contributed by atoms with Gasteiger partial charge in [0.2, 0.25) is 0 Å². The van der Waals surface area contributed by atoms with Gasteiger partial charge in [-0.05, 0) is 36.1 Å². The molecule has 1 aromatic carbocycles. The average molecular weight is 272 g/mol. The first kappa shape index (κ1) is 13.7. The topological polar surface area (TPSA) is 32.3 Å². The van der Waals surface area contributed by atoms with Gasteiger partial charge in [0, 0.05) is 25.8 Å². The maximum atomic E-state index is 12.2. The minimum absolute atomic E-state index is 0.443. The zero-order chi connectivity index (χ0) is 14.2. The van der Waals surface area contributed by atoms with Crippen LogP contribution in [0.1, 0.15) is 11.1 Å². The summed E-state index contributed by atoms with van der Waals surface area (Å²) in [4.78, 5) is 12.8. The number of hydrogen-bond acceptors (Lipinski definition) is 2. The average Bonchev–Trinajstić information content (AvgIpc) is 2.68. The van der Waals surface area contributed by atoms with Crippen molar-refractivity contribution in [2.75, 3.05) is 19.0 Å². The molecule has 104 valence electrons. The quantitative estimate of drug-likeness (QED) is 0.891. The van der Waals surface area contributed by atoms with Gasteiger partial charge >= 0.3 is 12.1 Å². The molecule has 1 aromatic rings. The molecule has 1 N–H and O–H groups in total. The van der Waals surface area contributed by atoms with Gasteiger partial charge in [0.25, 0.3) is 0 Å². The standard InChI is InChI=1S/C13H15F3N2O/c1-18(2)11-4-3-8-5-10(6-9(8)7-11)17-12(19)13(14,15)16/h3-4,7,10H,5-6H2,1-2H3,(H,17,19). The fourth-order valence-electron chi connectivity index (χ4n) is 2.25. The summed E-state index contributed by atoms with van der Waals surface area (Å²) in [7, 11) is 3.80. The number of rotatable bonds is 2. The largest absolute Gasteiger partial charge is 0.471 e. The molecule has 0 bridgehead atoms. The highest BCUT2D eigenvalue weighted by Gasteiger charge is 2.40. The number of halogens is 3.